The largest absolute Gasteiger partial charge is 0.382 e. The summed E-state index contributed by atoms with van der Waals surface area (Å²) in [6.07, 6.45) is 2.74. The zero-order chi connectivity index (χ0) is 23.7. The summed E-state index contributed by atoms with van der Waals surface area (Å²) in [6.45, 7) is 1.61. The van der Waals surface area contributed by atoms with E-state index in [1.54, 1.807) is 6.92 Å². The van der Waals surface area contributed by atoms with Crippen LogP contribution >= 0.6 is 22.9 Å². The van der Waals surface area contributed by atoms with Crippen molar-refractivity contribution in [3.63, 3.8) is 0 Å². The van der Waals surface area contributed by atoms with E-state index < -0.39 is 23.2 Å². The summed E-state index contributed by atoms with van der Waals surface area (Å²) in [6, 6.07) is 10.8. The van der Waals surface area contributed by atoms with Gasteiger partial charge >= 0.3 is 0 Å². The average molecular weight is 497 g/mol. The smallest absolute Gasteiger partial charge is 0.137 e. The predicted molar refractivity (Wildman–Crippen MR) is 125 cm³/mol. The van der Waals surface area contributed by atoms with Gasteiger partial charge in [-0.2, -0.15) is 5.10 Å². The minimum Gasteiger partial charge on any atom is -0.382 e. The first-order chi connectivity index (χ1) is 16.4. The van der Waals surface area contributed by atoms with E-state index >= 15 is 0 Å². The Labute approximate surface area is 201 Å². The van der Waals surface area contributed by atoms with E-state index in [1.165, 1.54) is 40.2 Å². The average Bonchev–Trinajstić information content (AvgIpc) is 3.63. The van der Waals surface area contributed by atoms with E-state index in [4.69, 9.17) is 4.98 Å². The standard InChI is InChI=1S/C23H18F2N6OS2/c1-14(23(32,11-31-13-26-12-27-31)18-8-17(24)6-7-19(18)25)22-28-20(9-33-22)15-2-4-16(5-3-15)21-10-34-30-29-21/h2-10,12-14,32H,11H2,1H3/t14-,23+/m0/s1. The number of nitrogens with zero attached hydrogens (tertiary/aromatic N) is 6. The summed E-state index contributed by atoms with van der Waals surface area (Å²) in [4.78, 5) is 8.61. The summed E-state index contributed by atoms with van der Waals surface area (Å²) >= 11 is 2.63. The molecule has 172 valence electrons. The lowest BCUT2D eigenvalue weighted by molar-refractivity contribution is -0.0114. The SMILES string of the molecule is C[C@@H](c1nc(-c2ccc(-c3csnn3)cc2)cs1)[C@](O)(Cn1cncn1)c1cc(F)ccc1F. The molecular weight excluding hydrogens is 478 g/mol. The number of hydrogen-bond donors (Lipinski definition) is 1. The maximum Gasteiger partial charge on any atom is 0.137 e. The third-order valence-corrected chi connectivity index (χ3v) is 7.24. The fourth-order valence-electron chi connectivity index (χ4n) is 3.77. The van der Waals surface area contributed by atoms with Crippen molar-refractivity contribution in [2.24, 2.45) is 0 Å². The van der Waals surface area contributed by atoms with Crippen LogP contribution < -0.4 is 0 Å². The third kappa shape index (κ3) is 4.25. The van der Waals surface area contributed by atoms with Crippen LogP contribution in [0.3, 0.4) is 0 Å². The molecule has 7 nitrogen and oxygen atoms in total. The Bertz CT molecular complexity index is 1390. The van der Waals surface area contributed by atoms with Crippen LogP contribution in [0.1, 0.15) is 23.4 Å². The summed E-state index contributed by atoms with van der Waals surface area (Å²) in [7, 11) is 0. The van der Waals surface area contributed by atoms with Gasteiger partial charge in [0.15, 0.2) is 0 Å². The number of aliphatic hydroxyl groups is 1. The second-order valence-corrected chi connectivity index (χ2v) is 9.30. The van der Waals surface area contributed by atoms with Gasteiger partial charge < -0.3 is 5.11 Å². The first-order valence-corrected chi connectivity index (χ1v) is 12.0. The molecule has 0 radical (unpaired) electrons. The van der Waals surface area contributed by atoms with Gasteiger partial charge in [0.2, 0.25) is 0 Å². The molecule has 0 saturated heterocycles. The normalized spacial score (nSPS) is 14.1. The molecule has 0 fully saturated rings. The molecule has 0 bridgehead atoms. The lowest BCUT2D eigenvalue weighted by Crippen LogP contribution is -2.38. The number of halogens is 2. The predicted octanol–water partition coefficient (Wildman–Crippen LogP) is 4.89. The van der Waals surface area contributed by atoms with E-state index in [1.807, 2.05) is 35.0 Å². The van der Waals surface area contributed by atoms with Gasteiger partial charge in [0.05, 0.1) is 17.2 Å². The maximum absolute atomic E-state index is 14.8. The van der Waals surface area contributed by atoms with E-state index in [0.29, 0.717) is 5.01 Å². The number of benzene rings is 2. The zero-order valence-corrected chi connectivity index (χ0v) is 19.5. The molecule has 0 aliphatic carbocycles. The highest BCUT2D eigenvalue weighted by atomic mass is 32.1. The molecule has 0 aliphatic rings. The van der Waals surface area contributed by atoms with Crippen molar-refractivity contribution in [3.8, 4) is 22.5 Å². The molecule has 11 heteroatoms. The minimum absolute atomic E-state index is 0.125. The molecule has 2 aromatic carbocycles. The lowest BCUT2D eigenvalue weighted by atomic mass is 9.82. The van der Waals surface area contributed by atoms with Crippen LogP contribution in [0, 0.1) is 11.6 Å². The van der Waals surface area contributed by atoms with Crippen LogP contribution in [0.5, 0.6) is 0 Å². The second-order valence-electron chi connectivity index (χ2n) is 7.80. The Balaban J connectivity index is 1.49. The third-order valence-electron chi connectivity index (χ3n) is 5.71. The van der Waals surface area contributed by atoms with Crippen LogP contribution in [-0.4, -0.2) is 34.4 Å². The number of aromatic nitrogens is 6. The molecule has 3 aromatic heterocycles. The van der Waals surface area contributed by atoms with Gasteiger partial charge in [0.25, 0.3) is 0 Å². The monoisotopic (exact) mass is 496 g/mol. The molecular formula is C23H18F2N6OS2. The Morgan fingerprint density at radius 2 is 1.82 bits per heavy atom. The fourth-order valence-corrected chi connectivity index (χ4v) is 5.21. The van der Waals surface area contributed by atoms with Crippen molar-refractivity contribution in [1.29, 1.82) is 0 Å². The minimum atomic E-state index is -1.82. The first-order valence-electron chi connectivity index (χ1n) is 10.3. The Hall–Kier alpha value is -3.41. The van der Waals surface area contributed by atoms with Crippen molar-refractivity contribution < 1.29 is 13.9 Å². The highest BCUT2D eigenvalue weighted by Crippen LogP contribution is 2.41. The van der Waals surface area contributed by atoms with Gasteiger partial charge in [-0.25, -0.2) is 23.4 Å². The van der Waals surface area contributed by atoms with E-state index in [-0.39, 0.29) is 12.1 Å². The zero-order valence-electron chi connectivity index (χ0n) is 17.8. The molecule has 1 N–H and O–H groups in total. The van der Waals surface area contributed by atoms with Crippen molar-refractivity contribution in [1.82, 2.24) is 29.3 Å². The quantitative estimate of drug-likeness (QED) is 0.345. The summed E-state index contributed by atoms with van der Waals surface area (Å²) in [5, 5.41) is 24.2. The van der Waals surface area contributed by atoms with Crippen molar-refractivity contribution in [2.75, 3.05) is 0 Å². The molecule has 0 aliphatic heterocycles. The van der Waals surface area contributed by atoms with Crippen LogP contribution in [0.2, 0.25) is 0 Å². The summed E-state index contributed by atoms with van der Waals surface area (Å²) in [5.41, 5.74) is 1.38. The van der Waals surface area contributed by atoms with Crippen LogP contribution in [0.15, 0.2) is 65.9 Å². The molecule has 0 saturated carbocycles. The first kappa shape index (κ1) is 22.4. The number of thiazole rings is 1. The van der Waals surface area contributed by atoms with Crippen molar-refractivity contribution in [3.05, 3.63) is 88.1 Å². The highest BCUT2D eigenvalue weighted by molar-refractivity contribution is 7.10. The Morgan fingerprint density at radius 3 is 2.50 bits per heavy atom. The molecule has 5 aromatic rings. The molecule has 0 unspecified atom stereocenters. The molecule has 2 atom stereocenters. The lowest BCUT2D eigenvalue weighted by Gasteiger charge is -2.33. The number of hydrogen-bond acceptors (Lipinski definition) is 8. The molecule has 0 spiro atoms. The van der Waals surface area contributed by atoms with E-state index in [0.717, 1.165) is 40.7 Å². The highest BCUT2D eigenvalue weighted by Gasteiger charge is 2.41. The van der Waals surface area contributed by atoms with Gasteiger partial charge in [0, 0.05) is 33.4 Å². The Morgan fingerprint density at radius 1 is 1.06 bits per heavy atom. The van der Waals surface area contributed by atoms with Crippen molar-refractivity contribution in [2.45, 2.75) is 25.0 Å². The van der Waals surface area contributed by atoms with E-state index in [9.17, 15) is 13.9 Å². The summed E-state index contributed by atoms with van der Waals surface area (Å²) < 4.78 is 34.1. The van der Waals surface area contributed by atoms with Gasteiger partial charge in [0.1, 0.15) is 35.6 Å². The molecule has 0 amide bonds. The van der Waals surface area contributed by atoms with Crippen LogP contribution in [-0.2, 0) is 12.1 Å². The molecule has 34 heavy (non-hydrogen) atoms. The van der Waals surface area contributed by atoms with Crippen molar-refractivity contribution >= 4 is 22.9 Å². The fraction of sp³-hybridized carbons (Fsp3) is 0.174. The van der Waals surface area contributed by atoms with Gasteiger partial charge in [-0.05, 0) is 29.7 Å². The van der Waals surface area contributed by atoms with E-state index in [2.05, 4.69) is 19.7 Å². The second kappa shape index (κ2) is 9.09. The Kier molecular flexibility index (Phi) is 5.98. The molecule has 3 heterocycles. The number of rotatable bonds is 7. The maximum atomic E-state index is 14.8. The van der Waals surface area contributed by atoms with Crippen LogP contribution in [0.25, 0.3) is 22.5 Å². The van der Waals surface area contributed by atoms with Gasteiger partial charge in [-0.3, -0.25) is 0 Å². The topological polar surface area (TPSA) is 89.6 Å². The van der Waals surface area contributed by atoms with Gasteiger partial charge in [-0.15, -0.1) is 16.4 Å². The van der Waals surface area contributed by atoms with Gasteiger partial charge in [-0.1, -0.05) is 35.7 Å². The summed E-state index contributed by atoms with van der Waals surface area (Å²) in [5.74, 6) is -2.03. The van der Waals surface area contributed by atoms with Crippen LogP contribution in [0.4, 0.5) is 8.78 Å². The molecule has 5 rings (SSSR count).